The minimum Gasteiger partial charge on any atom is -0.490 e. The van der Waals surface area contributed by atoms with Crippen LogP contribution in [0.15, 0.2) is 18.2 Å². The van der Waals surface area contributed by atoms with Gasteiger partial charge in [-0.2, -0.15) is 0 Å². The predicted octanol–water partition coefficient (Wildman–Crippen LogP) is 3.13. The lowest BCUT2D eigenvalue weighted by Crippen LogP contribution is -2.33. The number of hydrogen-bond donors (Lipinski definition) is 1. The molecule has 2 aliphatic rings. The third kappa shape index (κ3) is 3.10. The molecule has 21 heavy (non-hydrogen) atoms. The van der Waals surface area contributed by atoms with Crippen LogP contribution in [0.1, 0.15) is 33.1 Å². The molecule has 0 aromatic heterocycles. The average molecular weight is 290 g/mol. The molecule has 0 bridgehead atoms. The Labute approximate surface area is 127 Å². The fourth-order valence-electron chi connectivity index (χ4n) is 3.61. The Bertz CT molecular complexity index is 478. The van der Waals surface area contributed by atoms with Crippen LogP contribution in [0.25, 0.3) is 0 Å². The van der Waals surface area contributed by atoms with E-state index in [4.69, 9.17) is 9.47 Å². The lowest BCUT2D eigenvalue weighted by molar-refractivity contribution is 0.288. The molecule has 0 spiro atoms. The fraction of sp³-hybridized carbons (Fsp3) is 0.647. The van der Waals surface area contributed by atoms with Gasteiger partial charge in [0, 0.05) is 30.4 Å². The molecular formula is C17H26N2O2. The van der Waals surface area contributed by atoms with Gasteiger partial charge in [0.1, 0.15) is 0 Å². The zero-order valence-electron chi connectivity index (χ0n) is 13.1. The second-order valence-electron chi connectivity index (χ2n) is 5.81. The molecule has 3 rings (SSSR count). The Hall–Kier alpha value is -1.42. The van der Waals surface area contributed by atoms with E-state index >= 15 is 0 Å². The Morgan fingerprint density at radius 1 is 1.10 bits per heavy atom. The highest BCUT2D eigenvalue weighted by Crippen LogP contribution is 2.34. The lowest BCUT2D eigenvalue weighted by atomic mass is 10.1. The molecule has 0 radical (unpaired) electrons. The maximum atomic E-state index is 5.71. The third-order valence-corrected chi connectivity index (χ3v) is 4.50. The second kappa shape index (κ2) is 6.56. The van der Waals surface area contributed by atoms with Crippen LogP contribution < -0.4 is 14.8 Å². The van der Waals surface area contributed by atoms with Crippen LogP contribution in [0.3, 0.4) is 0 Å². The summed E-state index contributed by atoms with van der Waals surface area (Å²) in [5, 5.41) is 3.70. The van der Waals surface area contributed by atoms with E-state index < -0.39 is 0 Å². The van der Waals surface area contributed by atoms with Crippen LogP contribution in [0.2, 0.25) is 0 Å². The molecule has 2 fully saturated rings. The summed E-state index contributed by atoms with van der Waals surface area (Å²) in [6.45, 7) is 7.82. The molecule has 1 aromatic carbocycles. The van der Waals surface area contributed by atoms with E-state index in [1.54, 1.807) is 0 Å². The number of benzene rings is 1. The standard InChI is InChI=1S/C17H26N2O2/c1-3-20-16-8-7-13(12-17(16)21-4-2)18-14-9-11-19-10-5-6-15(14)19/h7-8,12,14-15,18H,3-6,9-11H2,1-2H3. The topological polar surface area (TPSA) is 33.7 Å². The highest BCUT2D eigenvalue weighted by atomic mass is 16.5. The van der Waals surface area contributed by atoms with E-state index in [1.807, 2.05) is 19.9 Å². The third-order valence-electron chi connectivity index (χ3n) is 4.50. The Morgan fingerprint density at radius 2 is 1.90 bits per heavy atom. The molecule has 4 heteroatoms. The predicted molar refractivity (Wildman–Crippen MR) is 85.4 cm³/mol. The van der Waals surface area contributed by atoms with Gasteiger partial charge in [-0.1, -0.05) is 0 Å². The minimum absolute atomic E-state index is 0.569. The summed E-state index contributed by atoms with van der Waals surface area (Å²) < 4.78 is 11.3. The highest BCUT2D eigenvalue weighted by Gasteiger charge is 2.36. The monoisotopic (exact) mass is 290 g/mol. The van der Waals surface area contributed by atoms with E-state index in [0.717, 1.165) is 17.2 Å². The van der Waals surface area contributed by atoms with Gasteiger partial charge in [-0.25, -0.2) is 0 Å². The maximum Gasteiger partial charge on any atom is 0.163 e. The van der Waals surface area contributed by atoms with Crippen LogP contribution in [-0.2, 0) is 0 Å². The molecule has 1 N–H and O–H groups in total. The van der Waals surface area contributed by atoms with E-state index in [1.165, 1.54) is 32.4 Å². The number of fused-ring (bicyclic) bond motifs is 1. The van der Waals surface area contributed by atoms with Gasteiger partial charge in [0.2, 0.25) is 0 Å². The Kier molecular flexibility index (Phi) is 4.54. The van der Waals surface area contributed by atoms with Crippen LogP contribution in [0, 0.1) is 0 Å². The van der Waals surface area contributed by atoms with Crippen molar-refractivity contribution < 1.29 is 9.47 Å². The number of rotatable bonds is 6. The molecule has 0 saturated carbocycles. The smallest absolute Gasteiger partial charge is 0.163 e. The summed E-state index contributed by atoms with van der Waals surface area (Å²) in [5.41, 5.74) is 1.14. The van der Waals surface area contributed by atoms with Gasteiger partial charge in [0.15, 0.2) is 11.5 Å². The van der Waals surface area contributed by atoms with Crippen molar-refractivity contribution in [2.24, 2.45) is 0 Å². The Morgan fingerprint density at radius 3 is 2.71 bits per heavy atom. The molecule has 4 nitrogen and oxygen atoms in total. The van der Waals surface area contributed by atoms with Gasteiger partial charge >= 0.3 is 0 Å². The van der Waals surface area contributed by atoms with E-state index in [9.17, 15) is 0 Å². The normalized spacial score (nSPS) is 24.9. The van der Waals surface area contributed by atoms with Crippen LogP contribution in [-0.4, -0.2) is 43.3 Å². The number of nitrogens with zero attached hydrogens (tertiary/aromatic N) is 1. The molecule has 2 saturated heterocycles. The minimum atomic E-state index is 0.569. The first-order valence-corrected chi connectivity index (χ1v) is 8.22. The fourth-order valence-corrected chi connectivity index (χ4v) is 3.61. The molecule has 2 aliphatic heterocycles. The zero-order valence-corrected chi connectivity index (χ0v) is 13.1. The average Bonchev–Trinajstić information content (AvgIpc) is 3.07. The molecular weight excluding hydrogens is 264 g/mol. The van der Waals surface area contributed by atoms with E-state index in [0.29, 0.717) is 25.3 Å². The summed E-state index contributed by atoms with van der Waals surface area (Å²) in [6, 6.07) is 7.47. The van der Waals surface area contributed by atoms with Crippen molar-refractivity contribution >= 4 is 5.69 Å². The SMILES string of the molecule is CCOc1ccc(NC2CCN3CCCC23)cc1OCC. The second-order valence-corrected chi connectivity index (χ2v) is 5.81. The summed E-state index contributed by atoms with van der Waals surface area (Å²) in [4.78, 5) is 2.62. The van der Waals surface area contributed by atoms with Crippen LogP contribution in [0.5, 0.6) is 11.5 Å². The van der Waals surface area contributed by atoms with E-state index in [-0.39, 0.29) is 0 Å². The molecule has 2 unspecified atom stereocenters. The summed E-state index contributed by atoms with van der Waals surface area (Å²) in [5.74, 6) is 1.67. The van der Waals surface area contributed by atoms with Gasteiger partial charge in [-0.05, 0) is 51.8 Å². The van der Waals surface area contributed by atoms with Crippen molar-refractivity contribution in [3.05, 3.63) is 18.2 Å². The van der Waals surface area contributed by atoms with Gasteiger partial charge in [0.25, 0.3) is 0 Å². The van der Waals surface area contributed by atoms with Crippen molar-refractivity contribution in [3.8, 4) is 11.5 Å². The number of ether oxygens (including phenoxy) is 2. The summed E-state index contributed by atoms with van der Waals surface area (Å²) in [7, 11) is 0. The lowest BCUT2D eigenvalue weighted by Gasteiger charge is -2.23. The first-order valence-electron chi connectivity index (χ1n) is 8.22. The van der Waals surface area contributed by atoms with Crippen molar-refractivity contribution in [1.82, 2.24) is 4.90 Å². The number of anilines is 1. The van der Waals surface area contributed by atoms with Crippen LogP contribution in [0.4, 0.5) is 5.69 Å². The van der Waals surface area contributed by atoms with Gasteiger partial charge in [0.05, 0.1) is 13.2 Å². The zero-order chi connectivity index (χ0) is 14.7. The molecule has 0 aliphatic carbocycles. The van der Waals surface area contributed by atoms with E-state index in [2.05, 4.69) is 22.3 Å². The van der Waals surface area contributed by atoms with Crippen molar-refractivity contribution in [2.45, 2.75) is 45.2 Å². The maximum absolute atomic E-state index is 5.71. The molecule has 0 amide bonds. The van der Waals surface area contributed by atoms with Crippen molar-refractivity contribution in [3.63, 3.8) is 0 Å². The quantitative estimate of drug-likeness (QED) is 0.872. The molecule has 2 heterocycles. The largest absolute Gasteiger partial charge is 0.490 e. The molecule has 1 aromatic rings. The molecule has 116 valence electrons. The van der Waals surface area contributed by atoms with Gasteiger partial charge in [-0.3, -0.25) is 4.90 Å². The first kappa shape index (κ1) is 14.5. The number of nitrogens with one attached hydrogen (secondary N) is 1. The van der Waals surface area contributed by atoms with Crippen molar-refractivity contribution in [1.29, 1.82) is 0 Å². The van der Waals surface area contributed by atoms with Gasteiger partial charge in [-0.15, -0.1) is 0 Å². The van der Waals surface area contributed by atoms with Gasteiger partial charge < -0.3 is 14.8 Å². The molecule has 2 atom stereocenters. The van der Waals surface area contributed by atoms with Crippen LogP contribution >= 0.6 is 0 Å². The number of hydrogen-bond acceptors (Lipinski definition) is 4. The highest BCUT2D eigenvalue weighted by molar-refractivity contribution is 5.55. The van der Waals surface area contributed by atoms with Crippen molar-refractivity contribution in [2.75, 3.05) is 31.6 Å². The summed E-state index contributed by atoms with van der Waals surface area (Å²) in [6.07, 6.45) is 3.91. The summed E-state index contributed by atoms with van der Waals surface area (Å²) >= 11 is 0. The first-order chi connectivity index (χ1) is 10.3. The Balaban J connectivity index is 1.71.